The Morgan fingerprint density at radius 1 is 1.08 bits per heavy atom. The van der Waals surface area contributed by atoms with Gasteiger partial charge in [0.05, 0.1) is 6.61 Å². The molecule has 0 aliphatic heterocycles. The number of hydrogen-bond donors (Lipinski definition) is 2. The lowest BCUT2D eigenvalue weighted by Crippen LogP contribution is -2.25. The van der Waals surface area contributed by atoms with E-state index in [0.29, 0.717) is 36.7 Å². The Balaban J connectivity index is 1.51. The highest BCUT2D eigenvalue weighted by Crippen LogP contribution is 2.21. The third-order valence-corrected chi connectivity index (χ3v) is 4.24. The molecule has 26 heavy (non-hydrogen) atoms. The van der Waals surface area contributed by atoms with E-state index in [1.165, 1.54) is 0 Å². The summed E-state index contributed by atoms with van der Waals surface area (Å²) in [6.45, 7) is 2.54. The maximum absolute atomic E-state index is 12.2. The van der Waals surface area contributed by atoms with Crippen molar-refractivity contribution in [3.05, 3.63) is 59.7 Å². The molecule has 2 aromatic carbocycles. The van der Waals surface area contributed by atoms with Gasteiger partial charge in [0.1, 0.15) is 5.75 Å². The van der Waals surface area contributed by atoms with Gasteiger partial charge in [0.25, 0.3) is 5.91 Å². The van der Waals surface area contributed by atoms with E-state index < -0.39 is 0 Å². The molecule has 2 N–H and O–H groups in total. The van der Waals surface area contributed by atoms with Crippen molar-refractivity contribution in [2.24, 2.45) is 0 Å². The SMILES string of the molecule is CCOc1ccccc1CCC(=O)Nc1ccc(C(=O)NC2CC2)cc1. The van der Waals surface area contributed by atoms with Gasteiger partial charge in [-0.25, -0.2) is 0 Å². The number of aryl methyl sites for hydroxylation is 1. The van der Waals surface area contributed by atoms with E-state index in [2.05, 4.69) is 10.6 Å². The zero-order valence-electron chi connectivity index (χ0n) is 15.0. The normalized spacial score (nSPS) is 13.1. The fraction of sp³-hybridized carbons (Fsp3) is 0.333. The average molecular weight is 352 g/mol. The molecule has 5 nitrogen and oxygen atoms in total. The zero-order valence-corrected chi connectivity index (χ0v) is 15.0. The van der Waals surface area contributed by atoms with Crippen molar-refractivity contribution in [2.45, 2.75) is 38.6 Å². The number of carbonyl (C=O) groups excluding carboxylic acids is 2. The summed E-state index contributed by atoms with van der Waals surface area (Å²) in [5.74, 6) is 0.707. The van der Waals surface area contributed by atoms with E-state index in [1.54, 1.807) is 24.3 Å². The summed E-state index contributed by atoms with van der Waals surface area (Å²) in [5.41, 5.74) is 2.33. The van der Waals surface area contributed by atoms with Crippen LogP contribution in [0.15, 0.2) is 48.5 Å². The number of anilines is 1. The molecule has 0 spiro atoms. The smallest absolute Gasteiger partial charge is 0.251 e. The van der Waals surface area contributed by atoms with Crippen molar-refractivity contribution in [1.82, 2.24) is 5.32 Å². The summed E-state index contributed by atoms with van der Waals surface area (Å²) in [4.78, 5) is 24.2. The van der Waals surface area contributed by atoms with Crippen molar-refractivity contribution in [1.29, 1.82) is 0 Å². The first-order valence-corrected chi connectivity index (χ1v) is 9.07. The molecule has 0 atom stereocenters. The number of hydrogen-bond acceptors (Lipinski definition) is 3. The van der Waals surface area contributed by atoms with Crippen LogP contribution in [-0.2, 0) is 11.2 Å². The van der Waals surface area contributed by atoms with Crippen molar-refractivity contribution >= 4 is 17.5 Å². The molecule has 0 aromatic heterocycles. The molecule has 0 heterocycles. The van der Waals surface area contributed by atoms with Gasteiger partial charge in [-0.2, -0.15) is 0 Å². The second-order valence-corrected chi connectivity index (χ2v) is 6.41. The van der Waals surface area contributed by atoms with Gasteiger partial charge in [0, 0.05) is 23.7 Å². The van der Waals surface area contributed by atoms with Gasteiger partial charge in [0.15, 0.2) is 0 Å². The van der Waals surface area contributed by atoms with Crippen LogP contribution in [0.4, 0.5) is 5.69 Å². The molecule has 1 saturated carbocycles. The first kappa shape index (κ1) is 18.0. The third-order valence-electron chi connectivity index (χ3n) is 4.24. The van der Waals surface area contributed by atoms with Crippen LogP contribution in [0.25, 0.3) is 0 Å². The Morgan fingerprint density at radius 2 is 1.81 bits per heavy atom. The van der Waals surface area contributed by atoms with E-state index in [-0.39, 0.29) is 11.8 Å². The lowest BCUT2D eigenvalue weighted by molar-refractivity contribution is -0.116. The van der Waals surface area contributed by atoms with Crippen LogP contribution in [0.1, 0.15) is 42.1 Å². The van der Waals surface area contributed by atoms with Crippen molar-refractivity contribution < 1.29 is 14.3 Å². The fourth-order valence-electron chi connectivity index (χ4n) is 2.68. The van der Waals surface area contributed by atoms with Crippen LogP contribution < -0.4 is 15.4 Å². The minimum Gasteiger partial charge on any atom is -0.494 e. The molecule has 5 heteroatoms. The first-order valence-electron chi connectivity index (χ1n) is 9.07. The quantitative estimate of drug-likeness (QED) is 0.763. The predicted molar refractivity (Wildman–Crippen MR) is 101 cm³/mol. The standard InChI is InChI=1S/C21H24N2O3/c1-2-26-19-6-4-3-5-15(19)9-14-20(24)22-17-10-7-16(8-11-17)21(25)23-18-12-13-18/h3-8,10-11,18H,2,9,12-14H2,1H3,(H,22,24)(H,23,25). The first-order chi connectivity index (χ1) is 12.7. The van der Waals surface area contributed by atoms with E-state index in [4.69, 9.17) is 4.74 Å². The number of ether oxygens (including phenoxy) is 1. The Morgan fingerprint density at radius 3 is 2.50 bits per heavy atom. The second kappa shape index (κ2) is 8.52. The summed E-state index contributed by atoms with van der Waals surface area (Å²) in [5, 5.41) is 5.82. The predicted octanol–water partition coefficient (Wildman–Crippen LogP) is 3.55. The van der Waals surface area contributed by atoms with Gasteiger partial charge < -0.3 is 15.4 Å². The second-order valence-electron chi connectivity index (χ2n) is 6.41. The molecule has 0 bridgehead atoms. The van der Waals surface area contributed by atoms with Gasteiger partial charge in [0.2, 0.25) is 5.91 Å². The van der Waals surface area contributed by atoms with E-state index in [0.717, 1.165) is 24.2 Å². The summed E-state index contributed by atoms with van der Waals surface area (Å²) in [7, 11) is 0. The number of carbonyl (C=O) groups is 2. The van der Waals surface area contributed by atoms with Gasteiger partial charge in [-0.1, -0.05) is 18.2 Å². The summed E-state index contributed by atoms with van der Waals surface area (Å²) in [6.07, 6.45) is 3.11. The van der Waals surface area contributed by atoms with E-state index >= 15 is 0 Å². The van der Waals surface area contributed by atoms with Crippen LogP contribution in [-0.4, -0.2) is 24.5 Å². The molecule has 136 valence electrons. The minimum absolute atomic E-state index is 0.0575. The largest absolute Gasteiger partial charge is 0.494 e. The highest BCUT2D eigenvalue weighted by atomic mass is 16.5. The van der Waals surface area contributed by atoms with E-state index in [1.807, 2.05) is 31.2 Å². The molecule has 2 amide bonds. The Bertz CT molecular complexity index is 767. The topological polar surface area (TPSA) is 67.4 Å². The van der Waals surface area contributed by atoms with Crippen LogP contribution >= 0.6 is 0 Å². The molecule has 1 aliphatic rings. The van der Waals surface area contributed by atoms with Crippen LogP contribution in [0.2, 0.25) is 0 Å². The highest BCUT2D eigenvalue weighted by Gasteiger charge is 2.23. The number of para-hydroxylation sites is 1. The average Bonchev–Trinajstić information content (AvgIpc) is 3.46. The minimum atomic E-state index is -0.0634. The van der Waals surface area contributed by atoms with Gasteiger partial charge in [-0.15, -0.1) is 0 Å². The summed E-state index contributed by atoms with van der Waals surface area (Å²) < 4.78 is 5.59. The van der Waals surface area contributed by atoms with Crippen molar-refractivity contribution in [3.63, 3.8) is 0 Å². The van der Waals surface area contributed by atoms with Crippen LogP contribution in [0, 0.1) is 0 Å². The number of amides is 2. The van der Waals surface area contributed by atoms with Crippen LogP contribution in [0.5, 0.6) is 5.75 Å². The highest BCUT2D eigenvalue weighted by molar-refractivity contribution is 5.96. The Kier molecular flexibility index (Phi) is 5.89. The molecule has 0 saturated heterocycles. The Labute approximate surface area is 153 Å². The molecule has 1 aliphatic carbocycles. The van der Waals surface area contributed by atoms with Gasteiger partial charge in [-0.3, -0.25) is 9.59 Å². The number of benzene rings is 2. The molecule has 2 aromatic rings. The lowest BCUT2D eigenvalue weighted by atomic mass is 10.1. The zero-order chi connectivity index (χ0) is 18.4. The third kappa shape index (κ3) is 5.09. The lowest BCUT2D eigenvalue weighted by Gasteiger charge is -2.10. The fourth-order valence-corrected chi connectivity index (χ4v) is 2.68. The summed E-state index contributed by atoms with van der Waals surface area (Å²) >= 11 is 0. The molecule has 1 fully saturated rings. The molecule has 0 radical (unpaired) electrons. The monoisotopic (exact) mass is 352 g/mol. The molecular weight excluding hydrogens is 328 g/mol. The maximum atomic E-state index is 12.2. The van der Waals surface area contributed by atoms with Crippen molar-refractivity contribution in [3.8, 4) is 5.75 Å². The van der Waals surface area contributed by atoms with Crippen LogP contribution in [0.3, 0.4) is 0 Å². The Hall–Kier alpha value is -2.82. The van der Waals surface area contributed by atoms with E-state index in [9.17, 15) is 9.59 Å². The summed E-state index contributed by atoms with van der Waals surface area (Å²) in [6, 6.07) is 15.1. The number of rotatable bonds is 8. The molecular formula is C21H24N2O3. The van der Waals surface area contributed by atoms with Crippen molar-refractivity contribution in [2.75, 3.05) is 11.9 Å². The molecule has 0 unspecified atom stereocenters. The van der Waals surface area contributed by atoms with Gasteiger partial charge >= 0.3 is 0 Å². The van der Waals surface area contributed by atoms with Gasteiger partial charge in [-0.05, 0) is 62.1 Å². The molecule has 3 rings (SSSR count). The number of nitrogens with one attached hydrogen (secondary N) is 2. The maximum Gasteiger partial charge on any atom is 0.251 e.